The summed E-state index contributed by atoms with van der Waals surface area (Å²) in [6, 6.07) is 8.34. The van der Waals surface area contributed by atoms with E-state index in [0.717, 1.165) is 19.4 Å². The molecule has 0 aliphatic carbocycles. The summed E-state index contributed by atoms with van der Waals surface area (Å²) in [4.78, 5) is 13.0. The van der Waals surface area contributed by atoms with Crippen LogP contribution in [0.4, 0.5) is 0 Å². The standard InChI is InChI=1S/C16H22O2S/c1-13-7-9-16(10-8-13)19-12-14(17)4-2-5-15-6-3-11-18-15/h7-10,15H,2-6,11-12H2,1H3. The molecule has 1 aromatic rings. The molecule has 1 heterocycles. The molecule has 3 heteroatoms. The van der Waals surface area contributed by atoms with Crippen molar-refractivity contribution in [1.82, 2.24) is 0 Å². The first-order valence-corrected chi connectivity index (χ1v) is 8.05. The lowest BCUT2D eigenvalue weighted by Crippen LogP contribution is -2.07. The van der Waals surface area contributed by atoms with Gasteiger partial charge in [-0.3, -0.25) is 4.79 Å². The minimum atomic E-state index is 0.351. The van der Waals surface area contributed by atoms with Gasteiger partial charge in [0.2, 0.25) is 0 Å². The van der Waals surface area contributed by atoms with Crippen LogP contribution in [0.15, 0.2) is 29.2 Å². The topological polar surface area (TPSA) is 26.3 Å². The Hall–Kier alpha value is -0.800. The largest absolute Gasteiger partial charge is 0.378 e. The number of ether oxygens (including phenoxy) is 1. The maximum Gasteiger partial charge on any atom is 0.143 e. The summed E-state index contributed by atoms with van der Waals surface area (Å²) in [7, 11) is 0. The van der Waals surface area contributed by atoms with Gasteiger partial charge in [-0.15, -0.1) is 11.8 Å². The average molecular weight is 278 g/mol. The van der Waals surface area contributed by atoms with Crippen LogP contribution in [0.2, 0.25) is 0 Å². The van der Waals surface area contributed by atoms with Gasteiger partial charge in [-0.05, 0) is 44.7 Å². The highest BCUT2D eigenvalue weighted by Gasteiger charge is 2.15. The number of rotatable bonds is 7. The second-order valence-corrected chi connectivity index (χ2v) is 6.22. The fraction of sp³-hybridized carbons (Fsp3) is 0.562. The van der Waals surface area contributed by atoms with Gasteiger partial charge in [-0.1, -0.05) is 17.7 Å². The van der Waals surface area contributed by atoms with Crippen molar-refractivity contribution in [3.8, 4) is 0 Å². The highest BCUT2D eigenvalue weighted by atomic mass is 32.2. The maximum atomic E-state index is 11.8. The van der Waals surface area contributed by atoms with E-state index in [1.165, 1.54) is 23.3 Å². The monoisotopic (exact) mass is 278 g/mol. The first kappa shape index (κ1) is 14.6. The predicted octanol–water partition coefficient (Wildman–Crippen LogP) is 4.01. The van der Waals surface area contributed by atoms with Crippen molar-refractivity contribution in [1.29, 1.82) is 0 Å². The van der Waals surface area contributed by atoms with Gasteiger partial charge >= 0.3 is 0 Å². The Kier molecular flexibility index (Phi) is 5.93. The van der Waals surface area contributed by atoms with Crippen LogP contribution in [-0.4, -0.2) is 24.2 Å². The average Bonchev–Trinajstić information content (AvgIpc) is 2.91. The number of thioether (sulfide) groups is 1. The summed E-state index contributed by atoms with van der Waals surface area (Å²) in [5.41, 5.74) is 1.26. The van der Waals surface area contributed by atoms with Crippen LogP contribution in [0.1, 0.15) is 37.7 Å². The zero-order chi connectivity index (χ0) is 13.5. The number of benzene rings is 1. The SMILES string of the molecule is Cc1ccc(SCC(=O)CCCC2CCCO2)cc1. The fourth-order valence-electron chi connectivity index (χ4n) is 2.27. The Bertz CT molecular complexity index is 394. The Morgan fingerprint density at radius 3 is 2.84 bits per heavy atom. The van der Waals surface area contributed by atoms with E-state index in [1.807, 2.05) is 0 Å². The Balaban J connectivity index is 1.60. The van der Waals surface area contributed by atoms with E-state index in [0.29, 0.717) is 24.1 Å². The first-order chi connectivity index (χ1) is 9.24. The van der Waals surface area contributed by atoms with Gasteiger partial charge in [0.05, 0.1) is 11.9 Å². The molecule has 0 radical (unpaired) electrons. The molecular weight excluding hydrogens is 256 g/mol. The predicted molar refractivity (Wildman–Crippen MR) is 79.7 cm³/mol. The molecule has 1 aliphatic heterocycles. The van der Waals surface area contributed by atoms with Crippen LogP contribution in [0.5, 0.6) is 0 Å². The lowest BCUT2D eigenvalue weighted by atomic mass is 10.1. The van der Waals surface area contributed by atoms with Gasteiger partial charge in [-0.2, -0.15) is 0 Å². The number of Topliss-reactive ketones (excluding diaryl/α,β-unsaturated/α-hetero) is 1. The highest BCUT2D eigenvalue weighted by molar-refractivity contribution is 8.00. The quantitative estimate of drug-likeness (QED) is 0.705. The molecule has 0 spiro atoms. The van der Waals surface area contributed by atoms with Crippen molar-refractivity contribution < 1.29 is 9.53 Å². The summed E-state index contributed by atoms with van der Waals surface area (Å²) >= 11 is 1.64. The van der Waals surface area contributed by atoms with Gasteiger partial charge in [0.25, 0.3) is 0 Å². The van der Waals surface area contributed by atoms with E-state index >= 15 is 0 Å². The third kappa shape index (κ3) is 5.37. The summed E-state index contributed by atoms with van der Waals surface area (Å²) in [5, 5.41) is 0. The van der Waals surface area contributed by atoms with E-state index in [1.54, 1.807) is 11.8 Å². The first-order valence-electron chi connectivity index (χ1n) is 7.07. The Labute approximate surface area is 119 Å². The van der Waals surface area contributed by atoms with Crippen LogP contribution in [0, 0.1) is 6.92 Å². The normalized spacial score (nSPS) is 18.7. The van der Waals surface area contributed by atoms with Crippen LogP contribution in [-0.2, 0) is 9.53 Å². The smallest absolute Gasteiger partial charge is 0.143 e. The Morgan fingerprint density at radius 1 is 1.37 bits per heavy atom. The number of aryl methyl sites for hydroxylation is 1. The second kappa shape index (κ2) is 7.71. The molecule has 0 saturated carbocycles. The minimum absolute atomic E-state index is 0.351. The van der Waals surface area contributed by atoms with Crippen molar-refractivity contribution in [2.75, 3.05) is 12.4 Å². The molecule has 2 nitrogen and oxygen atoms in total. The summed E-state index contributed by atoms with van der Waals surface area (Å²) in [6.07, 6.45) is 5.48. The van der Waals surface area contributed by atoms with Crippen molar-refractivity contribution in [2.24, 2.45) is 0 Å². The van der Waals surface area contributed by atoms with Crippen molar-refractivity contribution >= 4 is 17.5 Å². The third-order valence-corrected chi connectivity index (χ3v) is 4.50. The Morgan fingerprint density at radius 2 is 2.16 bits per heavy atom. The second-order valence-electron chi connectivity index (χ2n) is 5.17. The van der Waals surface area contributed by atoms with Crippen LogP contribution < -0.4 is 0 Å². The number of hydrogen-bond acceptors (Lipinski definition) is 3. The molecular formula is C16H22O2S. The lowest BCUT2D eigenvalue weighted by Gasteiger charge is -2.08. The molecule has 1 atom stereocenters. The minimum Gasteiger partial charge on any atom is -0.378 e. The molecule has 1 aromatic carbocycles. The van der Waals surface area contributed by atoms with E-state index in [-0.39, 0.29) is 0 Å². The highest BCUT2D eigenvalue weighted by Crippen LogP contribution is 2.20. The molecule has 1 saturated heterocycles. The molecule has 0 N–H and O–H groups in total. The van der Waals surface area contributed by atoms with Crippen molar-refractivity contribution in [3.63, 3.8) is 0 Å². The number of carbonyl (C=O) groups excluding carboxylic acids is 1. The number of ketones is 1. The van der Waals surface area contributed by atoms with Gasteiger partial charge in [0.1, 0.15) is 5.78 Å². The van der Waals surface area contributed by atoms with Gasteiger partial charge in [0, 0.05) is 17.9 Å². The molecule has 0 amide bonds. The van der Waals surface area contributed by atoms with Crippen LogP contribution >= 0.6 is 11.8 Å². The van der Waals surface area contributed by atoms with Gasteiger partial charge in [0.15, 0.2) is 0 Å². The van der Waals surface area contributed by atoms with Crippen molar-refractivity contribution in [2.45, 2.75) is 50.0 Å². The van der Waals surface area contributed by atoms with E-state index in [4.69, 9.17) is 4.74 Å². The molecule has 0 bridgehead atoms. The summed E-state index contributed by atoms with van der Waals surface area (Å²) in [6.45, 7) is 2.98. The van der Waals surface area contributed by atoms with Gasteiger partial charge < -0.3 is 4.74 Å². The molecule has 1 aliphatic rings. The van der Waals surface area contributed by atoms with Gasteiger partial charge in [-0.25, -0.2) is 0 Å². The lowest BCUT2D eigenvalue weighted by molar-refractivity contribution is -0.116. The fourth-order valence-corrected chi connectivity index (χ4v) is 3.07. The number of carbonyl (C=O) groups is 1. The molecule has 19 heavy (non-hydrogen) atoms. The summed E-state index contributed by atoms with van der Waals surface area (Å²) in [5.74, 6) is 0.942. The zero-order valence-corrected chi connectivity index (χ0v) is 12.4. The zero-order valence-electron chi connectivity index (χ0n) is 11.6. The molecule has 1 fully saturated rings. The van der Waals surface area contributed by atoms with Crippen LogP contribution in [0.25, 0.3) is 0 Å². The van der Waals surface area contributed by atoms with E-state index in [9.17, 15) is 4.79 Å². The molecule has 2 rings (SSSR count). The molecule has 1 unspecified atom stereocenters. The number of hydrogen-bond donors (Lipinski definition) is 0. The van der Waals surface area contributed by atoms with E-state index < -0.39 is 0 Å². The van der Waals surface area contributed by atoms with Crippen LogP contribution in [0.3, 0.4) is 0 Å². The maximum absolute atomic E-state index is 11.8. The molecule has 0 aromatic heterocycles. The van der Waals surface area contributed by atoms with Crippen molar-refractivity contribution in [3.05, 3.63) is 29.8 Å². The summed E-state index contributed by atoms with van der Waals surface area (Å²) < 4.78 is 5.56. The van der Waals surface area contributed by atoms with E-state index in [2.05, 4.69) is 31.2 Å². The third-order valence-electron chi connectivity index (χ3n) is 3.43. The molecule has 104 valence electrons.